The summed E-state index contributed by atoms with van der Waals surface area (Å²) in [6.45, 7) is 5.22. The first-order valence-electron chi connectivity index (χ1n) is 9.49. The van der Waals surface area contributed by atoms with E-state index >= 15 is 0 Å². The number of benzene rings is 1. The van der Waals surface area contributed by atoms with E-state index in [1.807, 2.05) is 26.0 Å². The van der Waals surface area contributed by atoms with Crippen LogP contribution in [0.3, 0.4) is 0 Å². The molecule has 2 N–H and O–H groups in total. The average Bonchev–Trinajstić information content (AvgIpc) is 3.28. The number of rotatable bonds is 7. The lowest BCUT2D eigenvalue weighted by atomic mass is 10.0. The molecular weight excluding hydrogens is 379 g/mol. The molecule has 0 spiro atoms. The van der Waals surface area contributed by atoms with Crippen LogP contribution >= 0.6 is 0 Å². The quantitative estimate of drug-likeness (QED) is 0.767. The Balaban J connectivity index is 1.77. The van der Waals surface area contributed by atoms with Gasteiger partial charge in [-0.1, -0.05) is 12.1 Å². The van der Waals surface area contributed by atoms with Crippen LogP contribution in [0.25, 0.3) is 0 Å². The number of aryl methyl sites for hydroxylation is 1. The summed E-state index contributed by atoms with van der Waals surface area (Å²) in [6, 6.07) is 7.02. The molecule has 152 valence electrons. The summed E-state index contributed by atoms with van der Waals surface area (Å²) in [5.74, 6) is -0.309. The summed E-state index contributed by atoms with van der Waals surface area (Å²) in [7, 11) is -3.40. The number of hydrogen-bond donors (Lipinski definition) is 1. The maximum absolute atomic E-state index is 13.8. The van der Waals surface area contributed by atoms with Crippen LogP contribution in [-0.4, -0.2) is 42.1 Å². The van der Waals surface area contributed by atoms with Crippen molar-refractivity contribution in [3.8, 4) is 0 Å². The Bertz CT molecular complexity index is 959. The van der Waals surface area contributed by atoms with Crippen molar-refractivity contribution >= 4 is 10.0 Å². The van der Waals surface area contributed by atoms with Gasteiger partial charge in [-0.3, -0.25) is 4.68 Å². The van der Waals surface area contributed by atoms with Gasteiger partial charge in [-0.25, -0.2) is 12.8 Å². The van der Waals surface area contributed by atoms with Gasteiger partial charge in [0.05, 0.1) is 17.1 Å². The van der Waals surface area contributed by atoms with Gasteiger partial charge in [0.1, 0.15) is 5.83 Å². The molecule has 0 bridgehead atoms. The van der Waals surface area contributed by atoms with Crippen LogP contribution in [-0.2, 0) is 23.0 Å². The van der Waals surface area contributed by atoms with Crippen molar-refractivity contribution in [1.29, 1.82) is 0 Å². The van der Waals surface area contributed by atoms with E-state index in [9.17, 15) is 12.8 Å². The largest absolute Gasteiger partial charge is 0.327 e. The first kappa shape index (κ1) is 20.7. The molecule has 1 saturated heterocycles. The molecule has 28 heavy (non-hydrogen) atoms. The minimum atomic E-state index is -3.40. The number of halogens is 1. The van der Waals surface area contributed by atoms with E-state index in [1.54, 1.807) is 21.1 Å². The molecule has 1 aliphatic heterocycles. The lowest BCUT2D eigenvalue weighted by Crippen LogP contribution is -2.27. The zero-order valence-electron chi connectivity index (χ0n) is 16.4. The maximum Gasteiger partial charge on any atom is 0.243 e. The summed E-state index contributed by atoms with van der Waals surface area (Å²) in [5.41, 5.74) is 9.10. The highest BCUT2D eigenvalue weighted by Gasteiger charge is 2.27. The van der Waals surface area contributed by atoms with Crippen LogP contribution in [0.2, 0.25) is 0 Å². The van der Waals surface area contributed by atoms with E-state index in [-0.39, 0.29) is 18.9 Å². The second-order valence-electron chi connectivity index (χ2n) is 7.13. The molecule has 0 saturated carbocycles. The van der Waals surface area contributed by atoms with Crippen molar-refractivity contribution in [2.24, 2.45) is 5.73 Å². The second-order valence-corrected chi connectivity index (χ2v) is 9.06. The topological polar surface area (TPSA) is 81.2 Å². The number of sulfonamides is 1. The number of nitrogens with two attached hydrogens (primary N) is 1. The molecule has 3 rings (SSSR count). The molecule has 2 aromatic rings. The van der Waals surface area contributed by atoms with Gasteiger partial charge in [-0.05, 0) is 50.5 Å². The minimum absolute atomic E-state index is 0.0664. The van der Waals surface area contributed by atoms with Gasteiger partial charge >= 0.3 is 0 Å². The summed E-state index contributed by atoms with van der Waals surface area (Å²) in [5, 5.41) is 4.43. The van der Waals surface area contributed by atoms with Crippen molar-refractivity contribution in [2.75, 3.05) is 19.6 Å². The van der Waals surface area contributed by atoms with Crippen LogP contribution in [0.4, 0.5) is 4.39 Å². The third kappa shape index (κ3) is 4.34. The highest BCUT2D eigenvalue weighted by Crippen LogP contribution is 2.23. The van der Waals surface area contributed by atoms with Gasteiger partial charge in [0, 0.05) is 37.3 Å². The first-order chi connectivity index (χ1) is 13.3. The van der Waals surface area contributed by atoms with Gasteiger partial charge in [0.2, 0.25) is 10.0 Å². The Kier molecular flexibility index (Phi) is 6.32. The van der Waals surface area contributed by atoms with E-state index in [0.717, 1.165) is 35.4 Å². The van der Waals surface area contributed by atoms with Crippen LogP contribution in [0.1, 0.15) is 35.4 Å². The highest BCUT2D eigenvalue weighted by molar-refractivity contribution is 7.89. The van der Waals surface area contributed by atoms with Crippen molar-refractivity contribution in [3.63, 3.8) is 0 Å². The van der Waals surface area contributed by atoms with Gasteiger partial charge < -0.3 is 5.73 Å². The molecule has 8 heteroatoms. The Labute approximate surface area is 165 Å². The molecule has 0 atom stereocenters. The zero-order valence-corrected chi connectivity index (χ0v) is 17.2. The lowest BCUT2D eigenvalue weighted by Gasteiger charge is -2.15. The number of nitrogens with zero attached hydrogens (tertiary/aromatic N) is 3. The molecular formula is C20H27FN4O2S. The van der Waals surface area contributed by atoms with Crippen molar-refractivity contribution in [1.82, 2.24) is 14.1 Å². The summed E-state index contributed by atoms with van der Waals surface area (Å²) >= 11 is 0. The third-order valence-corrected chi connectivity index (χ3v) is 7.09. The number of allylic oxidation sites excluding steroid dienone is 1. The Morgan fingerprint density at radius 3 is 2.46 bits per heavy atom. The molecule has 0 radical (unpaired) electrons. The van der Waals surface area contributed by atoms with Crippen LogP contribution in [0.15, 0.2) is 41.1 Å². The summed E-state index contributed by atoms with van der Waals surface area (Å²) < 4.78 is 42.2. The Hall–Kier alpha value is -2.03. The molecule has 0 aliphatic carbocycles. The lowest BCUT2D eigenvalue weighted by molar-refractivity contribution is 0.477. The minimum Gasteiger partial charge on any atom is -0.327 e. The monoisotopic (exact) mass is 406 g/mol. The summed E-state index contributed by atoms with van der Waals surface area (Å²) in [6.07, 6.45) is 3.79. The third-order valence-electron chi connectivity index (χ3n) is 5.18. The van der Waals surface area contributed by atoms with E-state index < -0.39 is 10.0 Å². The predicted molar refractivity (Wildman–Crippen MR) is 107 cm³/mol. The standard InChI is InChI=1S/C20H27FN4O2S/c1-15-20(16(2)25(23-15)14-18(21)9-10-22)13-17-5-7-19(8-6-17)28(26,27)24-11-3-4-12-24/h5-9H,3-4,10-14,22H2,1-2H3/b18-9-. The summed E-state index contributed by atoms with van der Waals surface area (Å²) in [4.78, 5) is 0.330. The van der Waals surface area contributed by atoms with Crippen LogP contribution in [0.5, 0.6) is 0 Å². The van der Waals surface area contributed by atoms with E-state index in [4.69, 9.17) is 5.73 Å². The number of hydrogen-bond acceptors (Lipinski definition) is 4. The maximum atomic E-state index is 13.8. The van der Waals surface area contributed by atoms with Crippen LogP contribution < -0.4 is 5.73 Å². The molecule has 6 nitrogen and oxygen atoms in total. The van der Waals surface area contributed by atoms with E-state index in [0.29, 0.717) is 24.4 Å². The Morgan fingerprint density at radius 2 is 1.86 bits per heavy atom. The molecule has 1 aliphatic rings. The molecule has 1 aromatic carbocycles. The van der Waals surface area contributed by atoms with Gasteiger partial charge in [0.15, 0.2) is 0 Å². The van der Waals surface area contributed by atoms with Crippen LogP contribution in [0, 0.1) is 13.8 Å². The fourth-order valence-corrected chi connectivity index (χ4v) is 5.06. The molecule has 0 amide bonds. The average molecular weight is 407 g/mol. The predicted octanol–water partition coefficient (Wildman–Crippen LogP) is 2.69. The molecule has 1 aromatic heterocycles. The second kappa shape index (κ2) is 8.55. The van der Waals surface area contributed by atoms with Gasteiger partial charge in [-0.2, -0.15) is 9.40 Å². The van der Waals surface area contributed by atoms with Crippen molar-refractivity contribution < 1.29 is 12.8 Å². The van der Waals surface area contributed by atoms with Gasteiger partial charge in [0.25, 0.3) is 0 Å². The SMILES string of the molecule is Cc1nn(C/C(F)=C/CN)c(C)c1Cc1ccc(S(=O)(=O)N2CCCC2)cc1. The fourth-order valence-electron chi connectivity index (χ4n) is 3.54. The molecule has 2 heterocycles. The smallest absolute Gasteiger partial charge is 0.243 e. The van der Waals surface area contributed by atoms with Crippen molar-refractivity contribution in [2.45, 2.75) is 44.6 Å². The number of aromatic nitrogens is 2. The fraction of sp³-hybridized carbons (Fsp3) is 0.450. The van der Waals surface area contributed by atoms with Gasteiger partial charge in [-0.15, -0.1) is 0 Å². The normalized spacial score (nSPS) is 16.1. The zero-order chi connectivity index (χ0) is 20.3. The Morgan fingerprint density at radius 1 is 1.21 bits per heavy atom. The first-order valence-corrected chi connectivity index (χ1v) is 10.9. The van der Waals surface area contributed by atoms with Crippen molar-refractivity contribution in [3.05, 3.63) is 58.7 Å². The molecule has 1 fully saturated rings. The molecule has 0 unspecified atom stereocenters. The van der Waals surface area contributed by atoms with E-state index in [2.05, 4.69) is 5.10 Å². The van der Waals surface area contributed by atoms with E-state index in [1.165, 1.54) is 6.08 Å². The highest BCUT2D eigenvalue weighted by atomic mass is 32.2.